The number of piperazine rings is 1. The molecule has 14 nitrogen and oxygen atoms in total. The van der Waals surface area contributed by atoms with Gasteiger partial charge in [0, 0.05) is 60.8 Å². The molecule has 0 aliphatic carbocycles. The van der Waals surface area contributed by atoms with E-state index in [4.69, 9.17) is 11.6 Å². The third-order valence-corrected chi connectivity index (χ3v) is 7.65. The molecule has 0 radical (unpaired) electrons. The molecule has 5 rings (SSSR count). The zero-order valence-electron chi connectivity index (χ0n) is 24.0. The topological polar surface area (TPSA) is 178 Å². The summed E-state index contributed by atoms with van der Waals surface area (Å²) < 4.78 is 16.2. The minimum atomic E-state index is -1.14. The van der Waals surface area contributed by atoms with Crippen LogP contribution in [0.25, 0.3) is 22.7 Å². The van der Waals surface area contributed by atoms with E-state index in [1.807, 2.05) is 7.05 Å². The van der Waals surface area contributed by atoms with Crippen molar-refractivity contribution in [3.05, 3.63) is 70.9 Å². The molecule has 1 aliphatic rings. The molecule has 2 aromatic heterocycles. The second kappa shape index (κ2) is 13.7. The molecule has 0 spiro atoms. The second-order valence-electron chi connectivity index (χ2n) is 10.4. The van der Waals surface area contributed by atoms with Crippen molar-refractivity contribution < 1.29 is 28.7 Å². The second-order valence-corrected chi connectivity index (χ2v) is 10.9. The highest BCUT2D eigenvalue weighted by atomic mass is 35.5. The van der Waals surface area contributed by atoms with Crippen molar-refractivity contribution in [3.63, 3.8) is 0 Å². The van der Waals surface area contributed by atoms with E-state index in [0.717, 1.165) is 19.2 Å². The monoisotopic (exact) mass is 637 g/mol. The summed E-state index contributed by atoms with van der Waals surface area (Å²) in [4.78, 5) is 57.3. The van der Waals surface area contributed by atoms with Crippen LogP contribution in [0.1, 0.15) is 28.9 Å². The summed E-state index contributed by atoms with van der Waals surface area (Å²) >= 11 is 5.97. The number of carboxylic acids is 1. The Morgan fingerprint density at radius 2 is 1.91 bits per heavy atom. The molecule has 3 amide bonds. The summed E-state index contributed by atoms with van der Waals surface area (Å²) in [5, 5.41) is 25.8. The van der Waals surface area contributed by atoms with Gasteiger partial charge in [0.05, 0.1) is 10.7 Å². The third kappa shape index (κ3) is 7.50. The fourth-order valence-electron chi connectivity index (χ4n) is 4.87. The van der Waals surface area contributed by atoms with Crippen molar-refractivity contribution in [2.24, 2.45) is 0 Å². The molecule has 4 aromatic rings. The minimum absolute atomic E-state index is 0.00300. The predicted octanol–water partition coefficient (Wildman–Crippen LogP) is 2.33. The number of anilines is 1. The Hall–Kier alpha value is -5.15. The number of likely N-dealkylation sites (N-methyl/N-ethyl adjacent to an activating group) is 1. The van der Waals surface area contributed by atoms with E-state index in [2.05, 4.69) is 36.0 Å². The highest BCUT2D eigenvalue weighted by molar-refractivity contribution is 6.31. The maximum Gasteiger partial charge on any atom is 0.352 e. The van der Waals surface area contributed by atoms with Crippen LogP contribution in [0.4, 0.5) is 10.1 Å². The summed E-state index contributed by atoms with van der Waals surface area (Å²) in [5.41, 5.74) is 1.08. The van der Waals surface area contributed by atoms with Gasteiger partial charge in [-0.2, -0.15) is 4.68 Å². The van der Waals surface area contributed by atoms with Gasteiger partial charge in [0.25, 0.3) is 0 Å². The van der Waals surface area contributed by atoms with Crippen molar-refractivity contribution in [1.29, 1.82) is 0 Å². The van der Waals surface area contributed by atoms with Crippen LogP contribution < -0.4 is 10.6 Å². The highest BCUT2D eigenvalue weighted by Gasteiger charge is 2.25. The molecular formula is C29H29ClFN9O5. The average molecular weight is 638 g/mol. The van der Waals surface area contributed by atoms with Crippen molar-refractivity contribution in [1.82, 2.24) is 40.3 Å². The first kappa shape index (κ1) is 31.3. The standard InChI is InChI=1S/C29H29ClFN9O5/c1-38-10-12-39(13-11-38)26(42)9-6-22(28(43)33-18-2-5-21-17(14-18)15-23(34-21)29(44)45)35-25(41)8-3-19-24(40-16-32-36-37-40)7-4-20(30)27(19)31/h2-5,7-8,14-16,22,34H,6,9-13H2,1H3,(H,33,43)(H,35,41)(H,44,45)/b8-3+. The number of aromatic amines is 1. The Bertz CT molecular complexity index is 1770. The number of carbonyl (C=O) groups excluding carboxylic acids is 3. The summed E-state index contributed by atoms with van der Waals surface area (Å²) in [7, 11) is 1.97. The SMILES string of the molecule is CN1CCN(C(=O)CCC(NC(=O)/C=C/c2c(-n3cnnn3)ccc(Cl)c2F)C(=O)Nc2ccc3[nH]c(C(=O)O)cc3c2)CC1. The van der Waals surface area contributed by atoms with E-state index in [1.165, 1.54) is 35.3 Å². The molecule has 16 heteroatoms. The zero-order valence-corrected chi connectivity index (χ0v) is 24.8. The molecule has 45 heavy (non-hydrogen) atoms. The van der Waals surface area contributed by atoms with E-state index in [1.54, 1.807) is 23.1 Å². The van der Waals surface area contributed by atoms with E-state index >= 15 is 0 Å². The van der Waals surface area contributed by atoms with Crippen LogP contribution in [0.15, 0.2) is 48.8 Å². The Morgan fingerprint density at radius 1 is 1.13 bits per heavy atom. The number of nitrogens with zero attached hydrogens (tertiary/aromatic N) is 6. The van der Waals surface area contributed by atoms with Gasteiger partial charge < -0.3 is 30.5 Å². The minimum Gasteiger partial charge on any atom is -0.477 e. The summed E-state index contributed by atoms with van der Waals surface area (Å²) in [5.74, 6) is -3.39. The molecule has 234 valence electrons. The van der Waals surface area contributed by atoms with Crippen LogP contribution in [0.2, 0.25) is 5.02 Å². The molecule has 4 N–H and O–H groups in total. The van der Waals surface area contributed by atoms with Crippen LogP contribution in [0.3, 0.4) is 0 Å². The third-order valence-electron chi connectivity index (χ3n) is 7.36. The lowest BCUT2D eigenvalue weighted by Gasteiger charge is -2.32. The molecule has 1 aliphatic heterocycles. The lowest BCUT2D eigenvalue weighted by molar-refractivity contribution is -0.133. The molecular weight excluding hydrogens is 609 g/mol. The molecule has 1 unspecified atom stereocenters. The zero-order chi connectivity index (χ0) is 32.1. The largest absolute Gasteiger partial charge is 0.477 e. The number of benzene rings is 2. The van der Waals surface area contributed by atoms with E-state index in [0.29, 0.717) is 29.7 Å². The number of aromatic nitrogens is 5. The summed E-state index contributed by atoms with van der Waals surface area (Å²) in [6.45, 7) is 2.58. The normalized spacial score (nSPS) is 14.5. The van der Waals surface area contributed by atoms with Gasteiger partial charge in [-0.15, -0.1) is 5.10 Å². The number of halogens is 2. The molecule has 0 saturated carbocycles. The van der Waals surface area contributed by atoms with Gasteiger partial charge in [-0.3, -0.25) is 14.4 Å². The Labute approximate surface area is 260 Å². The quantitative estimate of drug-likeness (QED) is 0.190. The summed E-state index contributed by atoms with van der Waals surface area (Å²) in [6.07, 6.45) is 3.48. The van der Waals surface area contributed by atoms with Crippen molar-refractivity contribution in [2.45, 2.75) is 18.9 Å². The van der Waals surface area contributed by atoms with Gasteiger partial charge in [0.2, 0.25) is 17.7 Å². The molecule has 3 heterocycles. The van der Waals surface area contributed by atoms with Gasteiger partial charge >= 0.3 is 5.97 Å². The number of fused-ring (bicyclic) bond motifs is 1. The van der Waals surface area contributed by atoms with Crippen molar-refractivity contribution in [3.8, 4) is 5.69 Å². The first-order valence-corrected chi connectivity index (χ1v) is 14.3. The van der Waals surface area contributed by atoms with Crippen LogP contribution in [0, 0.1) is 5.82 Å². The Morgan fingerprint density at radius 3 is 2.62 bits per heavy atom. The number of hydrogen-bond acceptors (Lipinski definition) is 8. The Kier molecular flexibility index (Phi) is 9.49. The molecule has 1 atom stereocenters. The van der Waals surface area contributed by atoms with Crippen LogP contribution in [-0.4, -0.2) is 103 Å². The number of aromatic carboxylic acids is 1. The van der Waals surface area contributed by atoms with E-state index in [-0.39, 0.29) is 40.7 Å². The lowest BCUT2D eigenvalue weighted by atomic mass is 10.1. The maximum absolute atomic E-state index is 15.0. The highest BCUT2D eigenvalue weighted by Crippen LogP contribution is 2.25. The first-order chi connectivity index (χ1) is 21.6. The molecule has 1 saturated heterocycles. The maximum atomic E-state index is 15.0. The molecule has 1 fully saturated rings. The average Bonchev–Trinajstić information content (AvgIpc) is 3.71. The van der Waals surface area contributed by atoms with Crippen molar-refractivity contribution >= 4 is 58.0 Å². The number of H-pyrrole nitrogens is 1. The number of carbonyl (C=O) groups is 4. The predicted molar refractivity (Wildman–Crippen MR) is 162 cm³/mol. The van der Waals surface area contributed by atoms with Crippen LogP contribution in [-0.2, 0) is 14.4 Å². The first-order valence-electron chi connectivity index (χ1n) is 13.9. The van der Waals surface area contributed by atoms with Gasteiger partial charge in [0.1, 0.15) is 18.1 Å². The molecule has 0 bridgehead atoms. The number of hydrogen-bond donors (Lipinski definition) is 4. The number of carboxylic acid groups (broad SMARTS) is 1. The smallest absolute Gasteiger partial charge is 0.352 e. The van der Waals surface area contributed by atoms with E-state index < -0.39 is 29.6 Å². The lowest BCUT2D eigenvalue weighted by Crippen LogP contribution is -2.48. The van der Waals surface area contributed by atoms with Crippen molar-refractivity contribution in [2.75, 3.05) is 38.5 Å². The number of rotatable bonds is 10. The van der Waals surface area contributed by atoms with Gasteiger partial charge in [-0.1, -0.05) is 11.6 Å². The fourth-order valence-corrected chi connectivity index (χ4v) is 5.04. The van der Waals surface area contributed by atoms with Crippen LogP contribution in [0.5, 0.6) is 0 Å². The number of tetrazole rings is 1. The van der Waals surface area contributed by atoms with E-state index in [9.17, 15) is 28.7 Å². The number of amides is 3. The van der Waals surface area contributed by atoms with Gasteiger partial charge in [-0.25, -0.2) is 9.18 Å². The number of nitrogens with one attached hydrogen (secondary N) is 3. The Balaban J connectivity index is 1.33. The van der Waals surface area contributed by atoms with Gasteiger partial charge in [0.15, 0.2) is 5.82 Å². The summed E-state index contributed by atoms with van der Waals surface area (Å²) in [6, 6.07) is 7.90. The fraction of sp³-hybridized carbons (Fsp3) is 0.276. The van der Waals surface area contributed by atoms with Gasteiger partial charge in [-0.05, 0) is 66.4 Å². The van der Waals surface area contributed by atoms with Crippen LogP contribution >= 0.6 is 11.6 Å². The molecule has 2 aromatic carbocycles.